The quantitative estimate of drug-likeness (QED) is 0.353. The van der Waals surface area contributed by atoms with Gasteiger partial charge in [0.2, 0.25) is 0 Å². The van der Waals surface area contributed by atoms with Crippen LogP contribution in [0.4, 0.5) is 5.69 Å². The van der Waals surface area contributed by atoms with Gasteiger partial charge >= 0.3 is 0 Å². The lowest BCUT2D eigenvalue weighted by Gasteiger charge is -2.07. The lowest BCUT2D eigenvalue weighted by molar-refractivity contribution is -0.385. The molecule has 0 unspecified atom stereocenters. The molecule has 0 bridgehead atoms. The summed E-state index contributed by atoms with van der Waals surface area (Å²) in [7, 11) is 0. The van der Waals surface area contributed by atoms with E-state index in [1.165, 1.54) is 12.1 Å². The van der Waals surface area contributed by atoms with E-state index in [-0.39, 0.29) is 24.4 Å². The Morgan fingerprint density at radius 2 is 2.04 bits per heavy atom. The number of nitro benzene ring substituents is 1. The molecule has 0 spiro atoms. The molecule has 0 saturated heterocycles. The first-order valence-electron chi connectivity index (χ1n) is 8.34. The number of benzene rings is 2. The summed E-state index contributed by atoms with van der Waals surface area (Å²) < 4.78 is 5.63. The van der Waals surface area contributed by atoms with E-state index in [2.05, 4.69) is 23.7 Å². The summed E-state index contributed by atoms with van der Waals surface area (Å²) in [4.78, 5) is 22.6. The molecule has 0 saturated carbocycles. The van der Waals surface area contributed by atoms with Crippen molar-refractivity contribution in [3.05, 3.63) is 81.9 Å². The number of hydrogen-bond acceptors (Lipinski definition) is 4. The number of amides is 1. The number of carbonyl (C=O) groups excluding carboxylic acids is 1. The van der Waals surface area contributed by atoms with E-state index in [0.717, 1.165) is 11.3 Å². The van der Waals surface area contributed by atoms with E-state index in [4.69, 9.17) is 4.74 Å². The van der Waals surface area contributed by atoms with E-state index in [1.807, 2.05) is 24.3 Å². The zero-order valence-electron chi connectivity index (χ0n) is 15.0. The number of nitro groups is 1. The van der Waals surface area contributed by atoms with Crippen molar-refractivity contribution in [2.45, 2.75) is 13.3 Å². The average molecular weight is 364 g/mol. The third-order valence-corrected chi connectivity index (χ3v) is 3.85. The highest BCUT2D eigenvalue weighted by Gasteiger charge is 2.17. The molecular formula is C21H20N2O4. The van der Waals surface area contributed by atoms with Crippen molar-refractivity contribution in [3.63, 3.8) is 0 Å². The minimum Gasteiger partial charge on any atom is -0.481 e. The molecule has 138 valence electrons. The Morgan fingerprint density at radius 1 is 1.26 bits per heavy atom. The molecule has 1 amide bonds. The summed E-state index contributed by atoms with van der Waals surface area (Å²) in [6.07, 6.45) is 2.52. The Hall–Kier alpha value is -3.59. The minimum absolute atomic E-state index is 0.0830. The van der Waals surface area contributed by atoms with Gasteiger partial charge in [-0.05, 0) is 31.0 Å². The normalized spacial score (nSPS) is 9.67. The number of ether oxygens (including phenoxy) is 1. The Balaban J connectivity index is 1.88. The second-order valence-electron chi connectivity index (χ2n) is 5.63. The van der Waals surface area contributed by atoms with Crippen molar-refractivity contribution < 1.29 is 14.5 Å². The number of allylic oxidation sites excluding steroid dienone is 1. The summed E-state index contributed by atoms with van der Waals surface area (Å²) in [6, 6.07) is 12.1. The van der Waals surface area contributed by atoms with Gasteiger partial charge in [-0.2, -0.15) is 0 Å². The van der Waals surface area contributed by atoms with Gasteiger partial charge in [-0.25, -0.2) is 0 Å². The standard InChI is InChI=1S/C21H20N2O4/c1-3-9-17-10-4-5-13-20(17)27-15-7-6-14-22-21(24)18-11-8-12-19(16(18)2)23(25)26/h3-5,8,10-13H,1,9,14-15H2,2H3,(H,22,24). The number of para-hydroxylation sites is 1. The molecule has 1 N–H and O–H groups in total. The number of nitrogens with one attached hydrogen (secondary N) is 1. The SMILES string of the molecule is C=CCc1ccccc1OCC#CCNC(=O)c1cccc([N+](=O)[O-])c1C. The monoisotopic (exact) mass is 364 g/mol. The zero-order chi connectivity index (χ0) is 19.6. The summed E-state index contributed by atoms with van der Waals surface area (Å²) in [5.41, 5.74) is 1.54. The minimum atomic E-state index is -0.506. The summed E-state index contributed by atoms with van der Waals surface area (Å²) in [6.45, 7) is 5.59. The lowest BCUT2D eigenvalue weighted by Crippen LogP contribution is -2.24. The van der Waals surface area contributed by atoms with Gasteiger partial charge < -0.3 is 10.1 Å². The number of rotatable bonds is 7. The van der Waals surface area contributed by atoms with Crippen molar-refractivity contribution in [2.75, 3.05) is 13.2 Å². The topological polar surface area (TPSA) is 81.5 Å². The van der Waals surface area contributed by atoms with Crippen LogP contribution in [0.1, 0.15) is 21.5 Å². The maximum absolute atomic E-state index is 12.2. The van der Waals surface area contributed by atoms with Crippen molar-refractivity contribution in [1.29, 1.82) is 0 Å². The molecule has 0 aliphatic carbocycles. The van der Waals surface area contributed by atoms with Crippen LogP contribution in [-0.4, -0.2) is 24.0 Å². The van der Waals surface area contributed by atoms with Crippen LogP contribution in [0.3, 0.4) is 0 Å². The van der Waals surface area contributed by atoms with Crippen LogP contribution in [0.2, 0.25) is 0 Å². The Bertz CT molecular complexity index is 910. The fourth-order valence-electron chi connectivity index (χ4n) is 2.48. The van der Waals surface area contributed by atoms with E-state index < -0.39 is 10.8 Å². The smallest absolute Gasteiger partial charge is 0.273 e. The molecule has 0 atom stereocenters. The van der Waals surface area contributed by atoms with Gasteiger partial charge in [0.25, 0.3) is 11.6 Å². The maximum atomic E-state index is 12.2. The van der Waals surface area contributed by atoms with Crippen LogP contribution >= 0.6 is 0 Å². The van der Waals surface area contributed by atoms with E-state index in [9.17, 15) is 14.9 Å². The molecular weight excluding hydrogens is 344 g/mol. The molecule has 0 heterocycles. The van der Waals surface area contributed by atoms with Crippen molar-refractivity contribution in [1.82, 2.24) is 5.32 Å². The molecule has 0 fully saturated rings. The van der Waals surface area contributed by atoms with Crippen LogP contribution < -0.4 is 10.1 Å². The first-order valence-corrected chi connectivity index (χ1v) is 8.34. The van der Waals surface area contributed by atoms with Crippen molar-refractivity contribution in [3.8, 4) is 17.6 Å². The average Bonchev–Trinajstić information content (AvgIpc) is 2.65. The fourth-order valence-corrected chi connectivity index (χ4v) is 2.48. The number of hydrogen-bond donors (Lipinski definition) is 1. The Morgan fingerprint density at radius 3 is 2.78 bits per heavy atom. The molecule has 6 nitrogen and oxygen atoms in total. The molecule has 0 aliphatic rings. The third kappa shape index (κ3) is 5.44. The molecule has 2 aromatic rings. The Labute approximate surface area is 158 Å². The van der Waals surface area contributed by atoms with E-state index in [0.29, 0.717) is 12.0 Å². The van der Waals surface area contributed by atoms with Crippen LogP contribution in [0, 0.1) is 28.9 Å². The van der Waals surface area contributed by atoms with Gasteiger partial charge in [-0.15, -0.1) is 6.58 Å². The van der Waals surface area contributed by atoms with Crippen molar-refractivity contribution in [2.24, 2.45) is 0 Å². The molecule has 27 heavy (non-hydrogen) atoms. The van der Waals surface area contributed by atoms with Crippen LogP contribution in [0.25, 0.3) is 0 Å². The van der Waals surface area contributed by atoms with Crippen LogP contribution in [0.15, 0.2) is 55.1 Å². The van der Waals surface area contributed by atoms with Gasteiger partial charge in [-0.1, -0.05) is 42.2 Å². The molecule has 0 radical (unpaired) electrons. The highest BCUT2D eigenvalue weighted by atomic mass is 16.6. The van der Waals surface area contributed by atoms with Gasteiger partial charge in [0.15, 0.2) is 0 Å². The lowest BCUT2D eigenvalue weighted by atomic mass is 10.1. The Kier molecular flexibility index (Phi) is 7.15. The van der Waals surface area contributed by atoms with E-state index >= 15 is 0 Å². The largest absolute Gasteiger partial charge is 0.481 e. The second kappa shape index (κ2) is 9.78. The predicted octanol–water partition coefficient (Wildman–Crippen LogP) is 3.44. The number of nitrogens with zero attached hydrogens (tertiary/aromatic N) is 1. The van der Waals surface area contributed by atoms with Crippen LogP contribution in [-0.2, 0) is 6.42 Å². The van der Waals surface area contributed by atoms with Gasteiger partial charge in [0.1, 0.15) is 12.4 Å². The summed E-state index contributed by atoms with van der Waals surface area (Å²) in [5.74, 6) is 5.99. The molecule has 0 aromatic heterocycles. The molecule has 2 rings (SSSR count). The highest BCUT2D eigenvalue weighted by molar-refractivity contribution is 5.96. The summed E-state index contributed by atoms with van der Waals surface area (Å²) in [5, 5.41) is 13.6. The van der Waals surface area contributed by atoms with Gasteiger partial charge in [0.05, 0.1) is 11.5 Å². The molecule has 2 aromatic carbocycles. The summed E-state index contributed by atoms with van der Waals surface area (Å²) >= 11 is 0. The van der Waals surface area contributed by atoms with Gasteiger partial charge in [0, 0.05) is 17.2 Å². The zero-order valence-corrected chi connectivity index (χ0v) is 15.0. The number of carbonyl (C=O) groups is 1. The first-order chi connectivity index (χ1) is 13.0. The van der Waals surface area contributed by atoms with Crippen LogP contribution in [0.5, 0.6) is 5.75 Å². The second-order valence-corrected chi connectivity index (χ2v) is 5.63. The predicted molar refractivity (Wildman–Crippen MR) is 104 cm³/mol. The third-order valence-electron chi connectivity index (χ3n) is 3.85. The fraction of sp³-hybridized carbons (Fsp3) is 0.190. The first kappa shape index (κ1) is 19.7. The highest BCUT2D eigenvalue weighted by Crippen LogP contribution is 2.21. The maximum Gasteiger partial charge on any atom is 0.273 e. The van der Waals surface area contributed by atoms with E-state index in [1.54, 1.807) is 19.1 Å². The molecule has 6 heteroatoms. The molecule has 0 aliphatic heterocycles. The van der Waals surface area contributed by atoms with Gasteiger partial charge in [-0.3, -0.25) is 14.9 Å². The van der Waals surface area contributed by atoms with Crippen molar-refractivity contribution >= 4 is 11.6 Å².